The number of carbonyl (C=O) groups excluding carboxylic acids is 1. The van der Waals surface area contributed by atoms with Gasteiger partial charge in [-0.15, -0.1) is 0 Å². The van der Waals surface area contributed by atoms with Gasteiger partial charge in [0.2, 0.25) is 5.41 Å². The first-order valence-corrected chi connectivity index (χ1v) is 7.11. The number of benzene rings is 1. The molecule has 0 heterocycles. The molecular formula is C15H17F6NO2. The second kappa shape index (κ2) is 7.42. The molecule has 24 heavy (non-hydrogen) atoms. The van der Waals surface area contributed by atoms with Gasteiger partial charge in [-0.05, 0) is 12.0 Å². The zero-order valence-corrected chi connectivity index (χ0v) is 12.7. The molecule has 136 valence electrons. The number of alkyl halides is 6. The van der Waals surface area contributed by atoms with E-state index in [1.807, 2.05) is 0 Å². The first kappa shape index (κ1) is 20.3. The fourth-order valence-corrected chi connectivity index (χ4v) is 2.30. The highest BCUT2D eigenvalue weighted by Crippen LogP contribution is 2.53. The standard InChI is InChI=1S/C15H17F6NO2/c1-2-3-9-24-12(23)11(22)13(14(16,17)18,15(19,20)21)10-7-5-4-6-8-10/h4-8,11H,2-3,9,22H2,1H3. The summed E-state index contributed by atoms with van der Waals surface area (Å²) in [5.41, 5.74) is -0.545. The minimum atomic E-state index is -5.85. The minimum absolute atomic E-state index is 0.300. The van der Waals surface area contributed by atoms with Crippen molar-refractivity contribution in [2.75, 3.05) is 6.61 Å². The highest BCUT2D eigenvalue weighted by Gasteiger charge is 2.76. The van der Waals surface area contributed by atoms with Crippen molar-refractivity contribution >= 4 is 5.97 Å². The fourth-order valence-electron chi connectivity index (χ4n) is 2.30. The maximum atomic E-state index is 13.5. The van der Waals surface area contributed by atoms with Crippen LogP contribution in [0.1, 0.15) is 25.3 Å². The molecule has 0 aromatic heterocycles. The summed E-state index contributed by atoms with van der Waals surface area (Å²) in [4.78, 5) is 11.8. The summed E-state index contributed by atoms with van der Waals surface area (Å²) in [5, 5.41) is 0. The number of unbranched alkanes of at least 4 members (excludes halogenated alkanes) is 1. The van der Waals surface area contributed by atoms with Crippen LogP contribution in [0.25, 0.3) is 0 Å². The van der Waals surface area contributed by atoms with Gasteiger partial charge in [0.25, 0.3) is 0 Å². The molecule has 0 bridgehead atoms. The molecule has 1 atom stereocenters. The van der Waals surface area contributed by atoms with E-state index in [1.165, 1.54) is 6.07 Å². The molecule has 0 aliphatic rings. The Morgan fingerprint density at radius 1 is 1.08 bits per heavy atom. The summed E-state index contributed by atoms with van der Waals surface area (Å²) in [6.07, 6.45) is -10.9. The Hall–Kier alpha value is -1.77. The predicted octanol–water partition coefficient (Wildman–Crippen LogP) is 3.72. The second-order valence-electron chi connectivity index (χ2n) is 5.17. The lowest BCUT2D eigenvalue weighted by atomic mass is 9.72. The largest absolute Gasteiger partial charge is 0.465 e. The van der Waals surface area contributed by atoms with Crippen LogP contribution < -0.4 is 5.73 Å². The number of esters is 1. The molecule has 1 rings (SSSR count). The van der Waals surface area contributed by atoms with Crippen LogP contribution in [-0.4, -0.2) is 31.0 Å². The Morgan fingerprint density at radius 3 is 2.00 bits per heavy atom. The van der Waals surface area contributed by atoms with E-state index in [1.54, 1.807) is 6.92 Å². The van der Waals surface area contributed by atoms with E-state index in [2.05, 4.69) is 4.74 Å². The molecule has 0 aliphatic heterocycles. The maximum absolute atomic E-state index is 13.5. The Morgan fingerprint density at radius 2 is 1.58 bits per heavy atom. The van der Waals surface area contributed by atoms with E-state index in [4.69, 9.17) is 5.73 Å². The molecule has 0 saturated heterocycles. The lowest BCUT2D eigenvalue weighted by molar-refractivity contribution is -0.308. The number of ether oxygens (including phenoxy) is 1. The second-order valence-corrected chi connectivity index (χ2v) is 5.17. The van der Waals surface area contributed by atoms with Crippen molar-refractivity contribution in [2.45, 2.75) is 43.6 Å². The Labute approximate surface area is 134 Å². The van der Waals surface area contributed by atoms with Crippen LogP contribution in [-0.2, 0) is 14.9 Å². The average Bonchev–Trinajstić information content (AvgIpc) is 2.46. The molecule has 0 fully saturated rings. The molecule has 1 aromatic carbocycles. The lowest BCUT2D eigenvalue weighted by Gasteiger charge is -2.40. The number of rotatable bonds is 6. The Bertz CT molecular complexity index is 527. The Kier molecular flexibility index (Phi) is 6.26. The predicted molar refractivity (Wildman–Crippen MR) is 74.1 cm³/mol. The van der Waals surface area contributed by atoms with Crippen molar-refractivity contribution in [2.24, 2.45) is 5.73 Å². The third-order valence-corrected chi connectivity index (χ3v) is 3.59. The molecule has 0 radical (unpaired) electrons. The van der Waals surface area contributed by atoms with Gasteiger partial charge in [0, 0.05) is 0 Å². The van der Waals surface area contributed by atoms with Gasteiger partial charge in [-0.2, -0.15) is 26.3 Å². The third kappa shape index (κ3) is 3.66. The van der Waals surface area contributed by atoms with Crippen LogP contribution in [0, 0.1) is 0 Å². The molecule has 0 spiro atoms. The zero-order valence-electron chi connectivity index (χ0n) is 12.7. The van der Waals surface area contributed by atoms with Crippen LogP contribution >= 0.6 is 0 Å². The number of halogens is 6. The minimum Gasteiger partial charge on any atom is -0.465 e. The molecule has 1 unspecified atom stereocenters. The smallest absolute Gasteiger partial charge is 0.409 e. The highest BCUT2D eigenvalue weighted by molar-refractivity contribution is 5.78. The van der Waals surface area contributed by atoms with Crippen LogP contribution in [0.2, 0.25) is 0 Å². The number of hydrogen-bond acceptors (Lipinski definition) is 3. The monoisotopic (exact) mass is 357 g/mol. The van der Waals surface area contributed by atoms with Crippen LogP contribution in [0.3, 0.4) is 0 Å². The molecule has 0 amide bonds. The van der Waals surface area contributed by atoms with E-state index < -0.39 is 35.3 Å². The van der Waals surface area contributed by atoms with Crippen LogP contribution in [0.5, 0.6) is 0 Å². The molecule has 9 heteroatoms. The first-order valence-electron chi connectivity index (χ1n) is 7.11. The number of nitrogens with two attached hydrogens (primary N) is 1. The third-order valence-electron chi connectivity index (χ3n) is 3.59. The van der Waals surface area contributed by atoms with Gasteiger partial charge in [0.05, 0.1) is 6.61 Å². The SMILES string of the molecule is CCCCOC(=O)C(N)C(c1ccccc1)(C(F)(F)F)C(F)(F)F. The summed E-state index contributed by atoms with van der Waals surface area (Å²) >= 11 is 0. The van der Waals surface area contributed by atoms with Crippen molar-refractivity contribution in [3.63, 3.8) is 0 Å². The zero-order chi connectivity index (χ0) is 18.6. The lowest BCUT2D eigenvalue weighted by Crippen LogP contribution is -2.66. The normalized spacial score (nSPS) is 14.3. The summed E-state index contributed by atoms with van der Waals surface area (Å²) in [6, 6.07) is 1.58. The molecule has 1 aromatic rings. The van der Waals surface area contributed by atoms with E-state index >= 15 is 0 Å². The topological polar surface area (TPSA) is 52.3 Å². The number of carbonyl (C=O) groups is 1. The van der Waals surface area contributed by atoms with Gasteiger partial charge in [0.1, 0.15) is 6.04 Å². The van der Waals surface area contributed by atoms with E-state index in [9.17, 15) is 31.1 Å². The summed E-state index contributed by atoms with van der Waals surface area (Å²) < 4.78 is 85.8. The van der Waals surface area contributed by atoms with Crippen molar-refractivity contribution < 1.29 is 35.9 Å². The summed E-state index contributed by atoms with van der Waals surface area (Å²) in [6.45, 7) is 1.41. The van der Waals surface area contributed by atoms with Gasteiger partial charge in [-0.3, -0.25) is 4.79 Å². The van der Waals surface area contributed by atoms with Crippen LogP contribution in [0.4, 0.5) is 26.3 Å². The summed E-state index contributed by atoms with van der Waals surface area (Å²) in [7, 11) is 0. The van der Waals surface area contributed by atoms with Crippen molar-refractivity contribution in [1.82, 2.24) is 0 Å². The summed E-state index contributed by atoms with van der Waals surface area (Å²) in [5.74, 6) is -1.75. The van der Waals surface area contributed by atoms with Gasteiger partial charge >= 0.3 is 18.3 Å². The highest BCUT2D eigenvalue weighted by atomic mass is 19.4. The molecule has 0 aliphatic carbocycles. The van der Waals surface area contributed by atoms with Crippen molar-refractivity contribution in [3.05, 3.63) is 35.9 Å². The molecule has 3 nitrogen and oxygen atoms in total. The first-order chi connectivity index (χ1) is 11.0. The molecular weight excluding hydrogens is 340 g/mol. The maximum Gasteiger partial charge on any atom is 0.409 e. The Balaban J connectivity index is 3.45. The van der Waals surface area contributed by atoms with E-state index in [0.717, 1.165) is 12.1 Å². The van der Waals surface area contributed by atoms with E-state index in [-0.39, 0.29) is 6.61 Å². The van der Waals surface area contributed by atoms with Crippen molar-refractivity contribution in [3.8, 4) is 0 Å². The average molecular weight is 357 g/mol. The van der Waals surface area contributed by atoms with Crippen molar-refractivity contribution in [1.29, 1.82) is 0 Å². The van der Waals surface area contributed by atoms with E-state index in [0.29, 0.717) is 25.0 Å². The van der Waals surface area contributed by atoms with Gasteiger partial charge in [0.15, 0.2) is 0 Å². The quantitative estimate of drug-likeness (QED) is 0.480. The van der Waals surface area contributed by atoms with Gasteiger partial charge in [-0.25, -0.2) is 0 Å². The van der Waals surface area contributed by atoms with Gasteiger partial charge < -0.3 is 10.5 Å². The number of hydrogen-bond donors (Lipinski definition) is 1. The van der Waals surface area contributed by atoms with Crippen LogP contribution in [0.15, 0.2) is 30.3 Å². The molecule has 0 saturated carbocycles. The molecule has 2 N–H and O–H groups in total. The fraction of sp³-hybridized carbons (Fsp3) is 0.533. The van der Waals surface area contributed by atoms with Gasteiger partial charge in [-0.1, -0.05) is 43.7 Å².